The fraction of sp³-hybridized carbons (Fsp3) is 0.778. The monoisotopic (exact) mass is 1170 g/mol. The minimum atomic E-state index is -4.47. The van der Waals surface area contributed by atoms with E-state index < -0.39 is 20.0 Å². The average molecular weight is 1170 g/mol. The highest BCUT2D eigenvalue weighted by atomic mass is 31.2. The molecule has 0 fully saturated rings. The normalized spacial score (nSPS) is 14.1. The summed E-state index contributed by atoms with van der Waals surface area (Å²) in [5.41, 5.74) is 0. The Hall–Kier alpha value is -2.81. The highest BCUT2D eigenvalue weighted by molar-refractivity contribution is 7.47. The fourth-order valence-corrected chi connectivity index (χ4v) is 10.5. The third kappa shape index (κ3) is 61.7. The first-order valence-corrected chi connectivity index (χ1v) is 35.9. The van der Waals surface area contributed by atoms with Crippen molar-refractivity contribution in [3.63, 3.8) is 0 Å². The first-order chi connectivity index (χ1) is 39.9. The molecule has 0 bridgehead atoms. The van der Waals surface area contributed by atoms with E-state index in [9.17, 15) is 19.0 Å². The zero-order chi connectivity index (χ0) is 60.0. The van der Waals surface area contributed by atoms with Crippen LogP contribution in [-0.4, -0.2) is 74.3 Å². The zero-order valence-corrected chi connectivity index (χ0v) is 55.4. The summed E-state index contributed by atoms with van der Waals surface area (Å²) in [4.78, 5) is 37.8. The van der Waals surface area contributed by atoms with Gasteiger partial charge in [0, 0.05) is 12.8 Å². The molecule has 0 rings (SSSR count). The van der Waals surface area contributed by atoms with Crippen molar-refractivity contribution in [2.45, 2.75) is 322 Å². The summed E-state index contributed by atoms with van der Waals surface area (Å²) in [6.45, 7) is 6.87. The summed E-state index contributed by atoms with van der Waals surface area (Å²) >= 11 is 0. The Balaban J connectivity index is 5.08. The van der Waals surface area contributed by atoms with Gasteiger partial charge in [0.1, 0.15) is 19.3 Å². The Morgan fingerprint density at radius 1 is 0.439 bits per heavy atom. The first kappa shape index (κ1) is 79.2. The predicted molar refractivity (Wildman–Crippen MR) is 355 cm³/mol. The Morgan fingerprint density at radius 2 is 0.793 bits per heavy atom. The van der Waals surface area contributed by atoms with E-state index in [4.69, 9.17) is 13.8 Å². The van der Waals surface area contributed by atoms with Gasteiger partial charge >= 0.3 is 13.8 Å². The number of phosphoric acid groups is 1. The number of allylic oxidation sites excluding steroid dienone is 13. The Kier molecular flexibility index (Phi) is 59.2. The molecule has 0 radical (unpaired) electrons. The number of nitrogens with zero attached hydrogens (tertiary/aromatic N) is 1. The number of unbranched alkanes of at least 4 members (excludes halogenated alkanes) is 34. The molecular formula is C72H132N2O7P+. The lowest BCUT2D eigenvalue weighted by Gasteiger charge is -2.27. The predicted octanol–water partition coefficient (Wildman–Crippen LogP) is 21.7. The molecule has 1 amide bonds. The van der Waals surface area contributed by atoms with Crippen LogP contribution in [0.1, 0.15) is 310 Å². The summed E-state index contributed by atoms with van der Waals surface area (Å²) in [7, 11) is 1.46. The molecule has 0 saturated carbocycles. The van der Waals surface area contributed by atoms with Gasteiger partial charge in [-0.1, -0.05) is 286 Å². The van der Waals surface area contributed by atoms with Gasteiger partial charge < -0.3 is 19.4 Å². The van der Waals surface area contributed by atoms with E-state index in [-0.39, 0.29) is 37.9 Å². The molecule has 9 nitrogen and oxygen atoms in total. The van der Waals surface area contributed by atoms with Crippen molar-refractivity contribution in [1.29, 1.82) is 0 Å². The second-order valence-electron chi connectivity index (χ2n) is 24.3. The third-order valence-corrected chi connectivity index (χ3v) is 16.1. The lowest BCUT2D eigenvalue weighted by atomic mass is 10.0. The SMILES string of the molecule is CC/C=C\C/C=C\C/C=C\C/C=C\C/C=C\CCCC(=O)NC(COP(=O)(O)OCC[N+](C)(C)C)C(/C=C\CCCCCCCCCCCC)OC(=O)CCCCCCCCCCCCCCCCCCC/C=C/CCCCCCCC. The van der Waals surface area contributed by atoms with E-state index >= 15 is 0 Å². The summed E-state index contributed by atoms with van der Waals surface area (Å²) in [5.74, 6) is -0.567. The number of carbonyl (C=O) groups is 2. The number of esters is 1. The van der Waals surface area contributed by atoms with E-state index in [1.54, 1.807) is 0 Å². The highest BCUT2D eigenvalue weighted by Crippen LogP contribution is 2.43. The van der Waals surface area contributed by atoms with Crippen LogP contribution in [0.3, 0.4) is 0 Å². The molecule has 0 heterocycles. The van der Waals surface area contributed by atoms with E-state index in [2.05, 4.69) is 99.0 Å². The van der Waals surface area contributed by atoms with Gasteiger partial charge in [0.15, 0.2) is 0 Å². The number of amides is 1. The number of likely N-dealkylation sites (N-methyl/N-ethyl adjacent to an activating group) is 1. The standard InChI is InChI=1S/C72H131N2O7P/c1-7-10-13-16-19-22-25-28-30-32-33-34-35-36-37-38-39-40-41-43-45-47-50-53-56-59-62-65-72(76)81-70(63-60-57-54-51-48-27-24-21-18-15-12-9-3)69(68-80-82(77,78)79-67-66-74(4,5)6)73-71(75)64-61-58-55-52-49-46-44-42-31-29-26-23-20-17-14-11-8-2/h11,14,20,23,28-31,44,46,52,55,60,63,69-70H,7-10,12-13,15-19,21-22,24-27,32-43,45,47-51,53-54,56-59,61-62,64-68H2,1-6H3,(H-,73,75,77,78)/p+1/b14-11-,23-20-,30-28+,31-29-,46-44-,55-52-,63-60-. The van der Waals surface area contributed by atoms with Gasteiger partial charge in [-0.15, -0.1) is 0 Å². The molecule has 82 heavy (non-hydrogen) atoms. The van der Waals surface area contributed by atoms with Crippen molar-refractivity contribution in [3.8, 4) is 0 Å². The van der Waals surface area contributed by atoms with Crippen LogP contribution in [0.2, 0.25) is 0 Å². The van der Waals surface area contributed by atoms with Crippen molar-refractivity contribution >= 4 is 19.7 Å². The molecule has 3 unspecified atom stereocenters. The van der Waals surface area contributed by atoms with Crippen molar-refractivity contribution < 1.29 is 37.3 Å². The largest absolute Gasteiger partial charge is 0.472 e. The topological polar surface area (TPSA) is 111 Å². The van der Waals surface area contributed by atoms with Gasteiger partial charge in [-0.2, -0.15) is 0 Å². The van der Waals surface area contributed by atoms with Gasteiger partial charge in [0.25, 0.3) is 0 Å². The molecule has 0 aromatic heterocycles. The quantitative estimate of drug-likeness (QED) is 0.0205. The number of ether oxygens (including phenoxy) is 1. The highest BCUT2D eigenvalue weighted by Gasteiger charge is 2.30. The number of nitrogens with one attached hydrogen (secondary N) is 1. The van der Waals surface area contributed by atoms with Gasteiger partial charge in [0.2, 0.25) is 5.91 Å². The molecule has 0 aromatic carbocycles. The van der Waals surface area contributed by atoms with Crippen molar-refractivity contribution in [2.75, 3.05) is 40.9 Å². The molecular weight excluding hydrogens is 1040 g/mol. The van der Waals surface area contributed by atoms with Crippen molar-refractivity contribution in [1.82, 2.24) is 5.32 Å². The molecule has 0 saturated heterocycles. The van der Waals surface area contributed by atoms with E-state index in [1.165, 1.54) is 193 Å². The maximum absolute atomic E-state index is 13.5. The van der Waals surface area contributed by atoms with Crippen LogP contribution in [0.25, 0.3) is 0 Å². The van der Waals surface area contributed by atoms with Gasteiger partial charge in [0.05, 0.1) is 33.8 Å². The summed E-state index contributed by atoms with van der Waals surface area (Å²) in [6.07, 6.45) is 81.9. The lowest BCUT2D eigenvalue weighted by Crippen LogP contribution is -2.47. The maximum Gasteiger partial charge on any atom is 0.472 e. The van der Waals surface area contributed by atoms with Crippen molar-refractivity contribution in [3.05, 3.63) is 85.1 Å². The molecule has 0 aliphatic rings. The minimum Gasteiger partial charge on any atom is -0.456 e. The molecule has 10 heteroatoms. The van der Waals surface area contributed by atoms with Crippen LogP contribution in [0, 0.1) is 0 Å². The maximum atomic E-state index is 13.5. The fourth-order valence-electron chi connectivity index (χ4n) is 9.80. The van der Waals surface area contributed by atoms with E-state index in [0.717, 1.165) is 77.0 Å². The molecule has 3 atom stereocenters. The van der Waals surface area contributed by atoms with Crippen LogP contribution in [0.4, 0.5) is 0 Å². The van der Waals surface area contributed by atoms with Crippen LogP contribution in [0.5, 0.6) is 0 Å². The summed E-state index contributed by atoms with van der Waals surface area (Å²) < 4.78 is 30.7. The van der Waals surface area contributed by atoms with Crippen LogP contribution in [0.15, 0.2) is 85.1 Å². The average Bonchev–Trinajstić information content (AvgIpc) is 3.44. The van der Waals surface area contributed by atoms with Crippen LogP contribution >= 0.6 is 7.82 Å². The smallest absolute Gasteiger partial charge is 0.456 e. The minimum absolute atomic E-state index is 0.0275. The molecule has 476 valence electrons. The number of quaternary nitrogens is 1. The molecule has 0 aromatic rings. The van der Waals surface area contributed by atoms with Crippen molar-refractivity contribution in [2.24, 2.45) is 0 Å². The zero-order valence-electron chi connectivity index (χ0n) is 54.5. The Bertz CT molecular complexity index is 1680. The number of phosphoric ester groups is 1. The van der Waals surface area contributed by atoms with Gasteiger partial charge in [-0.25, -0.2) is 4.57 Å². The summed E-state index contributed by atoms with van der Waals surface area (Å²) in [6, 6.07) is -0.881. The molecule has 0 spiro atoms. The lowest BCUT2D eigenvalue weighted by molar-refractivity contribution is -0.870. The van der Waals surface area contributed by atoms with Crippen LogP contribution < -0.4 is 5.32 Å². The van der Waals surface area contributed by atoms with Gasteiger partial charge in [-0.3, -0.25) is 18.6 Å². The Labute approximate surface area is 507 Å². The second kappa shape index (κ2) is 61.3. The first-order valence-electron chi connectivity index (χ1n) is 34.4. The third-order valence-electron chi connectivity index (χ3n) is 15.1. The summed E-state index contributed by atoms with van der Waals surface area (Å²) in [5, 5.41) is 3.03. The number of hydrogen-bond donors (Lipinski definition) is 2. The number of carbonyl (C=O) groups excluding carboxylic acids is 2. The van der Waals surface area contributed by atoms with Crippen LogP contribution in [-0.2, 0) is 27.9 Å². The molecule has 0 aliphatic heterocycles. The van der Waals surface area contributed by atoms with E-state index in [1.807, 2.05) is 33.3 Å². The molecule has 2 N–H and O–H groups in total. The molecule has 0 aliphatic carbocycles. The Morgan fingerprint density at radius 3 is 1.21 bits per heavy atom. The van der Waals surface area contributed by atoms with Gasteiger partial charge in [-0.05, 0) is 96.0 Å². The second-order valence-corrected chi connectivity index (χ2v) is 25.8. The number of hydrogen-bond acceptors (Lipinski definition) is 6. The number of rotatable bonds is 62. The van der Waals surface area contributed by atoms with E-state index in [0.29, 0.717) is 17.4 Å².